The van der Waals surface area contributed by atoms with Gasteiger partial charge in [-0.2, -0.15) is 12.1 Å². The van der Waals surface area contributed by atoms with Crippen LogP contribution in [0, 0.1) is 0 Å². The maximum atomic E-state index is 2.18. The molecular formula is C13H17Cl2N2Zr. The minimum atomic E-state index is 0. The van der Waals surface area contributed by atoms with Gasteiger partial charge in [0.25, 0.3) is 0 Å². The molecule has 2 aromatic carbocycles. The van der Waals surface area contributed by atoms with Crippen LogP contribution in [0.1, 0.15) is 0 Å². The van der Waals surface area contributed by atoms with E-state index < -0.39 is 0 Å². The van der Waals surface area contributed by atoms with E-state index in [9.17, 15) is 0 Å². The molecule has 1 radical (unpaired) electrons. The van der Waals surface area contributed by atoms with Gasteiger partial charge in [-0.3, -0.25) is 0 Å². The van der Waals surface area contributed by atoms with Crippen LogP contribution in [0.4, 0.5) is 11.4 Å². The molecule has 0 spiro atoms. The van der Waals surface area contributed by atoms with Crippen molar-refractivity contribution in [3.63, 3.8) is 0 Å². The van der Waals surface area contributed by atoms with E-state index in [1.807, 2.05) is 0 Å². The second-order valence-electron chi connectivity index (χ2n) is 4.25. The van der Waals surface area contributed by atoms with Crippen LogP contribution in [0.15, 0.2) is 30.3 Å². The smallest absolute Gasteiger partial charge is 1.00 e. The summed E-state index contributed by atoms with van der Waals surface area (Å²) < 4.78 is 0. The fraction of sp³-hybridized carbons (Fsp3) is 0.308. The first-order valence-corrected chi connectivity index (χ1v) is 5.14. The molecule has 2 rings (SSSR count). The van der Waals surface area contributed by atoms with Gasteiger partial charge in [-0.1, -0.05) is 12.1 Å². The molecule has 0 aliphatic rings. The van der Waals surface area contributed by atoms with Crippen LogP contribution in [0.3, 0.4) is 0 Å². The third kappa shape index (κ3) is 3.69. The van der Waals surface area contributed by atoms with Crippen molar-refractivity contribution < 1.29 is 51.0 Å². The Morgan fingerprint density at radius 3 is 1.83 bits per heavy atom. The summed E-state index contributed by atoms with van der Waals surface area (Å²) in [5.41, 5.74) is 2.56. The van der Waals surface area contributed by atoms with Crippen molar-refractivity contribution in [2.24, 2.45) is 0 Å². The first-order chi connectivity index (χ1) is 7.11. The Bertz CT molecular complexity index is 439. The molecule has 2 aromatic rings. The van der Waals surface area contributed by atoms with Crippen molar-refractivity contribution in [3.05, 3.63) is 30.3 Å². The molecule has 0 aliphatic heterocycles. The van der Waals surface area contributed by atoms with Gasteiger partial charge in [0.2, 0.25) is 0 Å². The zero-order valence-electron chi connectivity index (χ0n) is 11.0. The summed E-state index contributed by atoms with van der Waals surface area (Å²) in [5, 5.41) is 2.65. The van der Waals surface area contributed by atoms with Gasteiger partial charge < -0.3 is 34.6 Å². The number of benzene rings is 1. The first-order valence-electron chi connectivity index (χ1n) is 5.14. The Labute approximate surface area is 141 Å². The Morgan fingerprint density at radius 2 is 1.33 bits per heavy atom. The summed E-state index contributed by atoms with van der Waals surface area (Å²) in [6.07, 6.45) is 0. The average Bonchev–Trinajstić information content (AvgIpc) is 2.63. The van der Waals surface area contributed by atoms with E-state index in [0.29, 0.717) is 0 Å². The van der Waals surface area contributed by atoms with Crippen LogP contribution in [0.5, 0.6) is 0 Å². The number of halogens is 2. The Balaban J connectivity index is 0. The third-order valence-corrected chi connectivity index (χ3v) is 2.73. The molecule has 0 aliphatic carbocycles. The first kappa shape index (κ1) is 20.2. The number of hydrogen-bond donors (Lipinski definition) is 0. The van der Waals surface area contributed by atoms with Crippen molar-refractivity contribution >= 4 is 22.1 Å². The van der Waals surface area contributed by atoms with Gasteiger partial charge in [0.15, 0.2) is 0 Å². The normalized spacial score (nSPS) is 8.89. The molecule has 5 heteroatoms. The van der Waals surface area contributed by atoms with E-state index in [0.717, 1.165) is 0 Å². The molecule has 0 saturated heterocycles. The van der Waals surface area contributed by atoms with E-state index in [-0.39, 0.29) is 51.0 Å². The molecule has 0 aromatic heterocycles. The van der Waals surface area contributed by atoms with Crippen LogP contribution < -0.4 is 34.6 Å². The minimum Gasteiger partial charge on any atom is -1.00 e. The van der Waals surface area contributed by atoms with Crippen molar-refractivity contribution in [1.29, 1.82) is 0 Å². The predicted molar refractivity (Wildman–Crippen MR) is 68.2 cm³/mol. The summed E-state index contributed by atoms with van der Waals surface area (Å²) in [7, 11) is 8.32. The summed E-state index contributed by atoms with van der Waals surface area (Å²) in [4.78, 5) is 4.31. The second kappa shape index (κ2) is 8.14. The third-order valence-electron chi connectivity index (χ3n) is 2.73. The summed E-state index contributed by atoms with van der Waals surface area (Å²) in [6, 6.07) is 10.8. The minimum absolute atomic E-state index is 0. The molecule has 0 bridgehead atoms. The quantitative estimate of drug-likeness (QED) is 0.516. The van der Waals surface area contributed by atoms with Crippen LogP contribution in [0.2, 0.25) is 0 Å². The van der Waals surface area contributed by atoms with Crippen LogP contribution in [-0.2, 0) is 26.2 Å². The molecule has 0 amide bonds. The largest absolute Gasteiger partial charge is 3.00 e. The molecule has 18 heavy (non-hydrogen) atoms. The molecule has 2 nitrogen and oxygen atoms in total. The van der Waals surface area contributed by atoms with Gasteiger partial charge in [-0.25, -0.2) is 0 Å². The molecule has 0 fully saturated rings. The molecule has 97 valence electrons. The topological polar surface area (TPSA) is 6.48 Å². The van der Waals surface area contributed by atoms with Crippen molar-refractivity contribution in [2.45, 2.75) is 0 Å². The van der Waals surface area contributed by atoms with Crippen LogP contribution in [0.25, 0.3) is 10.8 Å². The van der Waals surface area contributed by atoms with E-state index in [2.05, 4.69) is 68.3 Å². The van der Waals surface area contributed by atoms with E-state index in [1.54, 1.807) is 0 Å². The van der Waals surface area contributed by atoms with Gasteiger partial charge >= 0.3 is 26.2 Å². The molecule has 0 atom stereocenters. The van der Waals surface area contributed by atoms with Crippen molar-refractivity contribution in [1.82, 2.24) is 0 Å². The van der Waals surface area contributed by atoms with Crippen LogP contribution in [-0.4, -0.2) is 28.2 Å². The molecule has 0 unspecified atom stereocenters. The summed E-state index contributed by atoms with van der Waals surface area (Å²) in [5.74, 6) is 0. The van der Waals surface area contributed by atoms with Gasteiger partial charge in [0.1, 0.15) is 0 Å². The van der Waals surface area contributed by atoms with Crippen molar-refractivity contribution in [3.8, 4) is 0 Å². The molecule has 0 heterocycles. The number of nitrogens with zero attached hydrogens (tertiary/aromatic N) is 2. The number of anilines is 2. The average molecular weight is 363 g/mol. The zero-order chi connectivity index (χ0) is 11.0. The fourth-order valence-electron chi connectivity index (χ4n) is 1.98. The van der Waals surface area contributed by atoms with Crippen LogP contribution >= 0.6 is 0 Å². The second-order valence-corrected chi connectivity index (χ2v) is 4.25. The maximum absolute atomic E-state index is 2.18. The Hall–Kier alpha value is -0.107. The standard InChI is InChI=1S/C13H17N2.2ClH.Zr/c1-14(2)12-8-9-13(15(3)4)11-7-5-6-10(11)12;;;/h5-9H,1-4H3;2*1H;/q-1;;;+3/p-2. The molecule has 0 N–H and O–H groups in total. The number of hydrogen-bond acceptors (Lipinski definition) is 2. The van der Waals surface area contributed by atoms with Gasteiger partial charge in [-0.15, -0.1) is 16.8 Å². The van der Waals surface area contributed by atoms with Gasteiger partial charge in [0, 0.05) is 14.1 Å². The number of rotatable bonds is 2. The number of fused-ring (bicyclic) bond motifs is 1. The SMILES string of the molecule is CN(C)c1ccc(N(C)C)c2[cH-]ccc12.[Cl-].[Cl-].[Zr+3]. The van der Waals surface area contributed by atoms with Crippen molar-refractivity contribution in [2.75, 3.05) is 38.0 Å². The molecular weight excluding hydrogens is 346 g/mol. The maximum Gasteiger partial charge on any atom is 3.00 e. The Kier molecular flexibility index (Phi) is 9.14. The predicted octanol–water partition coefficient (Wildman–Crippen LogP) is -3.30. The zero-order valence-corrected chi connectivity index (χ0v) is 15.0. The summed E-state index contributed by atoms with van der Waals surface area (Å²) in [6.45, 7) is 0. The Morgan fingerprint density at radius 1 is 0.833 bits per heavy atom. The monoisotopic (exact) mass is 361 g/mol. The van der Waals surface area contributed by atoms with Gasteiger partial charge in [-0.05, 0) is 25.5 Å². The molecule has 0 saturated carbocycles. The van der Waals surface area contributed by atoms with Gasteiger partial charge in [0.05, 0.1) is 0 Å². The van der Waals surface area contributed by atoms with E-state index >= 15 is 0 Å². The van der Waals surface area contributed by atoms with E-state index in [4.69, 9.17) is 0 Å². The summed E-state index contributed by atoms with van der Waals surface area (Å²) >= 11 is 0. The van der Waals surface area contributed by atoms with E-state index in [1.165, 1.54) is 22.1 Å². The fourth-order valence-corrected chi connectivity index (χ4v) is 1.98.